The van der Waals surface area contributed by atoms with Gasteiger partial charge in [-0.3, -0.25) is 14.1 Å². The summed E-state index contributed by atoms with van der Waals surface area (Å²) >= 11 is 0. The van der Waals surface area contributed by atoms with Crippen molar-refractivity contribution in [1.82, 2.24) is 10.6 Å². The van der Waals surface area contributed by atoms with E-state index < -0.39 is 27.7 Å². The third-order valence-electron chi connectivity index (χ3n) is 1.31. The first-order valence-corrected chi connectivity index (χ1v) is 5.64. The number of nitrogens with two attached hydrogens (primary N) is 1. The average Bonchev–Trinajstić information content (AvgIpc) is 2.12. The highest BCUT2D eigenvalue weighted by atomic mass is 32.2. The Bertz CT molecular complexity index is 326. The second-order valence-corrected chi connectivity index (χ2v) is 4.19. The van der Waals surface area contributed by atoms with Crippen molar-refractivity contribution >= 4 is 21.9 Å². The monoisotopic (exact) mass is 239 g/mol. The Morgan fingerprint density at radius 2 is 1.80 bits per heavy atom. The molecule has 0 aromatic carbocycles. The number of rotatable bonds is 6. The van der Waals surface area contributed by atoms with Gasteiger partial charge in [0.2, 0.25) is 11.8 Å². The number of hydrogen-bond donors (Lipinski definition) is 4. The van der Waals surface area contributed by atoms with Crippen LogP contribution in [0.2, 0.25) is 0 Å². The first-order chi connectivity index (χ1) is 6.85. The maximum atomic E-state index is 10.9. The molecule has 0 aromatic rings. The Labute approximate surface area is 87.0 Å². The number of amides is 2. The summed E-state index contributed by atoms with van der Waals surface area (Å²) < 4.78 is 28.8. The molecule has 0 atom stereocenters. The third kappa shape index (κ3) is 9.12. The molecule has 2 amide bonds. The number of hydrogen-bond acceptors (Lipinski definition) is 5. The highest BCUT2D eigenvalue weighted by Gasteiger charge is 2.06. The molecule has 0 aliphatic heterocycles. The van der Waals surface area contributed by atoms with Crippen molar-refractivity contribution in [2.24, 2.45) is 5.73 Å². The molecular weight excluding hydrogens is 226 g/mol. The second kappa shape index (κ2) is 6.32. The second-order valence-electron chi connectivity index (χ2n) is 2.62. The van der Waals surface area contributed by atoms with Gasteiger partial charge in [0, 0.05) is 6.54 Å². The molecular formula is C6H13N3O5S. The minimum atomic E-state index is -4.08. The third-order valence-corrected chi connectivity index (χ3v) is 2.03. The van der Waals surface area contributed by atoms with Crippen molar-refractivity contribution in [3.63, 3.8) is 0 Å². The molecule has 15 heavy (non-hydrogen) atoms. The molecule has 0 aliphatic carbocycles. The Kier molecular flexibility index (Phi) is 5.82. The van der Waals surface area contributed by atoms with Crippen LogP contribution in [0.25, 0.3) is 0 Å². The lowest BCUT2D eigenvalue weighted by Gasteiger charge is -2.04. The SMILES string of the molecule is NCC(=O)NCC(=O)NCCS(=O)(=O)O. The fraction of sp³-hybridized carbons (Fsp3) is 0.667. The molecule has 0 aliphatic rings. The van der Waals surface area contributed by atoms with Crippen LogP contribution in [0.5, 0.6) is 0 Å². The highest BCUT2D eigenvalue weighted by Crippen LogP contribution is 1.78. The summed E-state index contributed by atoms with van der Waals surface area (Å²) in [6.45, 7) is -0.712. The summed E-state index contributed by atoms with van der Waals surface area (Å²) in [5.74, 6) is -1.61. The summed E-state index contributed by atoms with van der Waals surface area (Å²) in [4.78, 5) is 21.5. The van der Waals surface area contributed by atoms with Gasteiger partial charge in [-0.2, -0.15) is 8.42 Å². The van der Waals surface area contributed by atoms with Crippen LogP contribution in [0.3, 0.4) is 0 Å². The zero-order valence-electron chi connectivity index (χ0n) is 7.89. The van der Waals surface area contributed by atoms with E-state index >= 15 is 0 Å². The van der Waals surface area contributed by atoms with Gasteiger partial charge in [0.1, 0.15) is 0 Å². The maximum absolute atomic E-state index is 10.9. The van der Waals surface area contributed by atoms with Crippen molar-refractivity contribution in [2.45, 2.75) is 0 Å². The van der Waals surface area contributed by atoms with Gasteiger partial charge in [-0.25, -0.2) is 0 Å². The molecule has 0 bridgehead atoms. The predicted molar refractivity (Wildman–Crippen MR) is 51.5 cm³/mol. The smallest absolute Gasteiger partial charge is 0.266 e. The van der Waals surface area contributed by atoms with Crippen LogP contribution in [0.1, 0.15) is 0 Å². The van der Waals surface area contributed by atoms with Crippen molar-refractivity contribution in [3.05, 3.63) is 0 Å². The molecule has 0 radical (unpaired) electrons. The van der Waals surface area contributed by atoms with Gasteiger partial charge in [0.15, 0.2) is 0 Å². The van der Waals surface area contributed by atoms with E-state index in [0.717, 1.165) is 0 Å². The predicted octanol–water partition coefficient (Wildman–Crippen LogP) is -2.93. The van der Waals surface area contributed by atoms with E-state index in [0.29, 0.717) is 0 Å². The molecule has 8 nitrogen and oxygen atoms in total. The van der Waals surface area contributed by atoms with Crippen molar-refractivity contribution in [1.29, 1.82) is 0 Å². The summed E-state index contributed by atoms with van der Waals surface area (Å²) in [6.07, 6.45) is 0. The van der Waals surface area contributed by atoms with Crippen LogP contribution in [-0.2, 0) is 19.7 Å². The van der Waals surface area contributed by atoms with Gasteiger partial charge >= 0.3 is 0 Å². The van der Waals surface area contributed by atoms with Crippen LogP contribution < -0.4 is 16.4 Å². The van der Waals surface area contributed by atoms with Crippen molar-refractivity contribution in [3.8, 4) is 0 Å². The number of carbonyl (C=O) groups excluding carboxylic acids is 2. The minimum absolute atomic E-state index is 0.212. The lowest BCUT2D eigenvalue weighted by Crippen LogP contribution is -2.40. The number of nitrogens with one attached hydrogen (secondary N) is 2. The Hall–Kier alpha value is -1.19. The first kappa shape index (κ1) is 13.8. The summed E-state index contributed by atoms with van der Waals surface area (Å²) in [5, 5.41) is 4.38. The molecule has 5 N–H and O–H groups in total. The topological polar surface area (TPSA) is 139 Å². The molecule has 0 spiro atoms. The quantitative estimate of drug-likeness (QED) is 0.366. The zero-order valence-corrected chi connectivity index (χ0v) is 8.71. The van der Waals surface area contributed by atoms with Crippen LogP contribution in [-0.4, -0.2) is 50.2 Å². The molecule has 0 saturated carbocycles. The van der Waals surface area contributed by atoms with Gasteiger partial charge in [0.25, 0.3) is 10.1 Å². The maximum Gasteiger partial charge on any atom is 0.266 e. The number of carbonyl (C=O) groups is 2. The zero-order chi connectivity index (χ0) is 11.9. The fourth-order valence-corrected chi connectivity index (χ4v) is 0.993. The fourth-order valence-electron chi connectivity index (χ4n) is 0.633. The van der Waals surface area contributed by atoms with Crippen LogP contribution in [0.4, 0.5) is 0 Å². The van der Waals surface area contributed by atoms with Crippen LogP contribution in [0, 0.1) is 0 Å². The molecule has 0 aromatic heterocycles. The molecule has 88 valence electrons. The molecule has 0 heterocycles. The lowest BCUT2D eigenvalue weighted by molar-refractivity contribution is -0.125. The van der Waals surface area contributed by atoms with E-state index in [1.54, 1.807) is 0 Å². The van der Waals surface area contributed by atoms with Crippen molar-refractivity contribution < 1.29 is 22.6 Å². The summed E-state index contributed by atoms with van der Waals surface area (Å²) in [5.41, 5.74) is 4.96. The Morgan fingerprint density at radius 3 is 2.27 bits per heavy atom. The van der Waals surface area contributed by atoms with E-state index in [4.69, 9.17) is 10.3 Å². The largest absolute Gasteiger partial charge is 0.353 e. The Morgan fingerprint density at radius 1 is 1.20 bits per heavy atom. The average molecular weight is 239 g/mol. The van der Waals surface area contributed by atoms with Gasteiger partial charge in [-0.1, -0.05) is 0 Å². The molecule has 0 fully saturated rings. The summed E-state index contributed by atoms with van der Waals surface area (Å²) in [7, 11) is -4.08. The van der Waals surface area contributed by atoms with E-state index in [2.05, 4.69) is 10.6 Å². The van der Waals surface area contributed by atoms with Gasteiger partial charge in [0.05, 0.1) is 18.8 Å². The van der Waals surface area contributed by atoms with E-state index in [9.17, 15) is 18.0 Å². The molecule has 0 unspecified atom stereocenters. The molecule has 0 saturated heterocycles. The molecule has 9 heteroatoms. The van der Waals surface area contributed by atoms with Crippen LogP contribution in [0.15, 0.2) is 0 Å². The van der Waals surface area contributed by atoms with E-state index in [1.807, 2.05) is 0 Å². The standard InChI is InChI=1S/C6H13N3O5S/c7-3-5(10)9-4-6(11)8-1-2-15(12,13)14/h1-4,7H2,(H,8,11)(H,9,10)(H,12,13,14). The minimum Gasteiger partial charge on any atom is -0.353 e. The molecule has 0 rings (SSSR count). The first-order valence-electron chi connectivity index (χ1n) is 4.04. The van der Waals surface area contributed by atoms with Gasteiger partial charge in [-0.05, 0) is 0 Å². The van der Waals surface area contributed by atoms with Crippen LogP contribution >= 0.6 is 0 Å². The van der Waals surface area contributed by atoms with Gasteiger partial charge < -0.3 is 16.4 Å². The summed E-state index contributed by atoms with van der Waals surface area (Å²) in [6, 6.07) is 0. The van der Waals surface area contributed by atoms with E-state index in [-0.39, 0.29) is 19.6 Å². The Balaban J connectivity index is 3.63. The van der Waals surface area contributed by atoms with Crippen molar-refractivity contribution in [2.75, 3.05) is 25.4 Å². The van der Waals surface area contributed by atoms with E-state index in [1.165, 1.54) is 0 Å². The normalized spacial score (nSPS) is 10.8. The highest BCUT2D eigenvalue weighted by molar-refractivity contribution is 7.85. The van der Waals surface area contributed by atoms with Gasteiger partial charge in [-0.15, -0.1) is 0 Å². The lowest BCUT2D eigenvalue weighted by atomic mass is 10.5.